The molecular formula is C18H17ClF2N2O2. The molecule has 1 saturated heterocycles. The van der Waals surface area contributed by atoms with E-state index in [9.17, 15) is 13.6 Å². The number of halogens is 3. The van der Waals surface area contributed by atoms with E-state index in [1.165, 1.54) is 24.3 Å². The second-order valence-electron chi connectivity index (χ2n) is 5.71. The van der Waals surface area contributed by atoms with Gasteiger partial charge in [-0.15, -0.1) is 0 Å². The smallest absolute Gasteiger partial charge is 0.260 e. The molecule has 25 heavy (non-hydrogen) atoms. The van der Waals surface area contributed by atoms with Crippen LogP contribution in [0.2, 0.25) is 5.02 Å². The van der Waals surface area contributed by atoms with Crippen LogP contribution < -0.4 is 9.64 Å². The largest absolute Gasteiger partial charge is 0.482 e. The SMILES string of the molecule is O=C(COc1ccc(F)cc1Cl)N1CCN(c2ccc(F)cc2)CC1. The summed E-state index contributed by atoms with van der Waals surface area (Å²) in [6.07, 6.45) is 0. The van der Waals surface area contributed by atoms with E-state index in [1.807, 2.05) is 0 Å². The van der Waals surface area contributed by atoms with E-state index in [4.69, 9.17) is 16.3 Å². The maximum atomic E-state index is 13.0. The van der Waals surface area contributed by atoms with Gasteiger partial charge in [0.2, 0.25) is 0 Å². The fourth-order valence-electron chi connectivity index (χ4n) is 2.69. The number of carbonyl (C=O) groups excluding carboxylic acids is 1. The first-order chi connectivity index (χ1) is 12.0. The molecule has 1 heterocycles. The third-order valence-electron chi connectivity index (χ3n) is 4.07. The molecule has 1 aliphatic rings. The molecule has 1 amide bonds. The minimum atomic E-state index is -0.458. The number of anilines is 1. The third-order valence-corrected chi connectivity index (χ3v) is 4.36. The normalized spacial score (nSPS) is 14.5. The van der Waals surface area contributed by atoms with Crippen LogP contribution in [0.1, 0.15) is 0 Å². The molecule has 1 fully saturated rings. The van der Waals surface area contributed by atoms with Gasteiger partial charge in [-0.1, -0.05) is 11.6 Å². The first-order valence-corrected chi connectivity index (χ1v) is 8.27. The molecule has 1 aliphatic heterocycles. The fourth-order valence-corrected chi connectivity index (χ4v) is 2.91. The van der Waals surface area contributed by atoms with E-state index >= 15 is 0 Å². The van der Waals surface area contributed by atoms with Crippen LogP contribution in [0.25, 0.3) is 0 Å². The maximum absolute atomic E-state index is 13.0. The quantitative estimate of drug-likeness (QED) is 0.832. The number of benzene rings is 2. The number of carbonyl (C=O) groups is 1. The van der Waals surface area contributed by atoms with Crippen molar-refractivity contribution < 1.29 is 18.3 Å². The molecule has 0 radical (unpaired) electrons. The number of rotatable bonds is 4. The van der Waals surface area contributed by atoms with Crippen LogP contribution in [0.5, 0.6) is 5.75 Å². The molecule has 0 bridgehead atoms. The Morgan fingerprint density at radius 1 is 1.00 bits per heavy atom. The van der Waals surface area contributed by atoms with Crippen molar-refractivity contribution in [1.29, 1.82) is 0 Å². The topological polar surface area (TPSA) is 32.8 Å². The van der Waals surface area contributed by atoms with Crippen molar-refractivity contribution in [2.24, 2.45) is 0 Å². The summed E-state index contributed by atoms with van der Waals surface area (Å²) in [5.41, 5.74) is 0.933. The van der Waals surface area contributed by atoms with Gasteiger partial charge in [-0.2, -0.15) is 0 Å². The molecule has 0 aliphatic carbocycles. The molecule has 3 rings (SSSR count). The van der Waals surface area contributed by atoms with Gasteiger partial charge in [0, 0.05) is 31.9 Å². The second-order valence-corrected chi connectivity index (χ2v) is 6.11. The molecule has 132 valence electrons. The maximum Gasteiger partial charge on any atom is 0.260 e. The van der Waals surface area contributed by atoms with Crippen molar-refractivity contribution in [1.82, 2.24) is 4.90 Å². The van der Waals surface area contributed by atoms with E-state index in [2.05, 4.69) is 4.90 Å². The van der Waals surface area contributed by atoms with Gasteiger partial charge < -0.3 is 14.5 Å². The molecule has 4 nitrogen and oxygen atoms in total. The Bertz CT molecular complexity index is 747. The number of hydrogen-bond acceptors (Lipinski definition) is 3. The monoisotopic (exact) mass is 366 g/mol. The van der Waals surface area contributed by atoms with Gasteiger partial charge in [0.1, 0.15) is 17.4 Å². The number of ether oxygens (including phenoxy) is 1. The van der Waals surface area contributed by atoms with Crippen LogP contribution in [0.3, 0.4) is 0 Å². The molecule has 0 N–H and O–H groups in total. The lowest BCUT2D eigenvalue weighted by Crippen LogP contribution is -2.50. The zero-order valence-electron chi connectivity index (χ0n) is 13.4. The molecule has 0 aromatic heterocycles. The second kappa shape index (κ2) is 7.70. The molecule has 0 atom stereocenters. The Balaban J connectivity index is 1.50. The Morgan fingerprint density at radius 2 is 1.64 bits per heavy atom. The zero-order chi connectivity index (χ0) is 17.8. The van der Waals surface area contributed by atoms with Crippen molar-refractivity contribution in [2.45, 2.75) is 0 Å². The van der Waals surface area contributed by atoms with Crippen LogP contribution in [0, 0.1) is 11.6 Å². The molecule has 0 saturated carbocycles. The highest BCUT2D eigenvalue weighted by atomic mass is 35.5. The minimum absolute atomic E-state index is 0.133. The van der Waals surface area contributed by atoms with Gasteiger partial charge >= 0.3 is 0 Å². The van der Waals surface area contributed by atoms with Crippen molar-refractivity contribution in [3.63, 3.8) is 0 Å². The molecule has 0 spiro atoms. The highest BCUT2D eigenvalue weighted by Gasteiger charge is 2.22. The summed E-state index contributed by atoms with van der Waals surface area (Å²) >= 11 is 5.87. The van der Waals surface area contributed by atoms with Gasteiger partial charge in [0.05, 0.1) is 5.02 Å². The van der Waals surface area contributed by atoms with Crippen LogP contribution in [-0.4, -0.2) is 43.6 Å². The van der Waals surface area contributed by atoms with Gasteiger partial charge in [0.25, 0.3) is 5.91 Å². The summed E-state index contributed by atoms with van der Waals surface area (Å²) in [4.78, 5) is 16.1. The van der Waals surface area contributed by atoms with Crippen molar-refractivity contribution in [3.05, 3.63) is 59.1 Å². The van der Waals surface area contributed by atoms with Crippen LogP contribution in [0.15, 0.2) is 42.5 Å². The van der Waals surface area contributed by atoms with Gasteiger partial charge in [0.15, 0.2) is 6.61 Å². The summed E-state index contributed by atoms with van der Waals surface area (Å²) in [6, 6.07) is 10.1. The Labute approximate surface area is 149 Å². The summed E-state index contributed by atoms with van der Waals surface area (Å²) in [6.45, 7) is 2.28. The van der Waals surface area contributed by atoms with E-state index in [0.29, 0.717) is 26.2 Å². The van der Waals surface area contributed by atoms with Crippen LogP contribution >= 0.6 is 11.6 Å². The van der Waals surface area contributed by atoms with Crippen LogP contribution in [0.4, 0.5) is 14.5 Å². The summed E-state index contributed by atoms with van der Waals surface area (Å²) in [5.74, 6) is -0.602. The molecular weight excluding hydrogens is 350 g/mol. The standard InChI is InChI=1S/C18H17ClF2N2O2/c19-16-11-14(21)3-6-17(16)25-12-18(24)23-9-7-22(8-10-23)15-4-1-13(20)2-5-15/h1-6,11H,7-10,12H2. The molecule has 2 aromatic rings. The average Bonchev–Trinajstić information content (AvgIpc) is 2.61. The molecule has 7 heteroatoms. The lowest BCUT2D eigenvalue weighted by Gasteiger charge is -2.36. The summed E-state index contributed by atoms with van der Waals surface area (Å²) < 4.78 is 31.4. The summed E-state index contributed by atoms with van der Waals surface area (Å²) in [7, 11) is 0. The number of hydrogen-bond donors (Lipinski definition) is 0. The first-order valence-electron chi connectivity index (χ1n) is 7.89. The van der Waals surface area contributed by atoms with Crippen molar-refractivity contribution in [2.75, 3.05) is 37.7 Å². The van der Waals surface area contributed by atoms with E-state index in [0.717, 1.165) is 11.8 Å². The Hall–Kier alpha value is -2.34. The Morgan fingerprint density at radius 3 is 2.28 bits per heavy atom. The lowest BCUT2D eigenvalue weighted by atomic mass is 10.2. The Kier molecular flexibility index (Phi) is 5.38. The zero-order valence-corrected chi connectivity index (χ0v) is 14.2. The van der Waals surface area contributed by atoms with Gasteiger partial charge in [-0.05, 0) is 42.5 Å². The predicted molar refractivity (Wildman–Crippen MR) is 92.1 cm³/mol. The minimum Gasteiger partial charge on any atom is -0.482 e. The number of piperazine rings is 1. The van der Waals surface area contributed by atoms with E-state index < -0.39 is 5.82 Å². The van der Waals surface area contributed by atoms with Crippen molar-refractivity contribution in [3.8, 4) is 5.75 Å². The third kappa shape index (κ3) is 4.39. The predicted octanol–water partition coefficient (Wildman–Crippen LogP) is 3.35. The van der Waals surface area contributed by atoms with E-state index in [-0.39, 0.29) is 29.1 Å². The van der Waals surface area contributed by atoms with Crippen molar-refractivity contribution >= 4 is 23.2 Å². The van der Waals surface area contributed by atoms with E-state index in [1.54, 1.807) is 17.0 Å². The number of amides is 1. The van der Waals surface area contributed by atoms with Gasteiger partial charge in [-0.25, -0.2) is 8.78 Å². The highest BCUT2D eigenvalue weighted by molar-refractivity contribution is 6.32. The van der Waals surface area contributed by atoms with Gasteiger partial charge in [-0.3, -0.25) is 4.79 Å². The fraction of sp³-hybridized carbons (Fsp3) is 0.278. The number of nitrogens with zero attached hydrogens (tertiary/aromatic N) is 2. The molecule has 0 unspecified atom stereocenters. The average molecular weight is 367 g/mol. The summed E-state index contributed by atoms with van der Waals surface area (Å²) in [5, 5.41) is 0.133. The highest BCUT2D eigenvalue weighted by Crippen LogP contribution is 2.25. The molecule has 2 aromatic carbocycles. The lowest BCUT2D eigenvalue weighted by molar-refractivity contribution is -0.133. The van der Waals surface area contributed by atoms with Crippen LogP contribution in [-0.2, 0) is 4.79 Å². The first kappa shape index (κ1) is 17.5.